The van der Waals surface area contributed by atoms with Gasteiger partial charge < -0.3 is 26.5 Å². The molecule has 0 spiro atoms. The largest absolute Gasteiger partial charge is 0.494 e. The number of ether oxygens (including phenoxy) is 1. The van der Waals surface area contributed by atoms with E-state index in [1.165, 1.54) is 4.90 Å². The highest BCUT2D eigenvalue weighted by Gasteiger charge is 2.38. The minimum atomic E-state index is -1.10. The summed E-state index contributed by atoms with van der Waals surface area (Å²) in [6.45, 7) is 7.93. The Morgan fingerprint density at radius 3 is 2.42 bits per heavy atom. The van der Waals surface area contributed by atoms with Crippen molar-refractivity contribution < 1.29 is 19.1 Å². The lowest BCUT2D eigenvalue weighted by Gasteiger charge is -2.33. The molecule has 11 heteroatoms. The number of nitrogens with zero attached hydrogens (tertiary/aromatic N) is 2. The molecular weight excluding hydrogens is 504 g/mol. The molecule has 2 heterocycles. The maximum absolute atomic E-state index is 14.2. The number of aromatic nitrogens is 2. The fourth-order valence-electron chi connectivity index (χ4n) is 4.15. The van der Waals surface area contributed by atoms with Crippen molar-refractivity contribution in [3.63, 3.8) is 0 Å². The van der Waals surface area contributed by atoms with Gasteiger partial charge >= 0.3 is 0 Å². The third-order valence-corrected chi connectivity index (χ3v) is 6.57. The molecular formula is C27H30N6O4S. The summed E-state index contributed by atoms with van der Waals surface area (Å²) in [6.07, 6.45) is 1.72. The molecule has 1 unspecified atom stereocenters. The Hall–Kier alpha value is -4.38. The van der Waals surface area contributed by atoms with E-state index in [-0.39, 0.29) is 16.3 Å². The topological polar surface area (TPSA) is 156 Å². The molecule has 6 N–H and O–H groups in total. The van der Waals surface area contributed by atoms with Crippen molar-refractivity contribution in [1.29, 1.82) is 0 Å². The summed E-state index contributed by atoms with van der Waals surface area (Å²) in [5, 5.41) is 3.79. The van der Waals surface area contributed by atoms with Crippen LogP contribution in [0.3, 0.4) is 0 Å². The third kappa shape index (κ3) is 5.32. The predicted molar refractivity (Wildman–Crippen MR) is 148 cm³/mol. The summed E-state index contributed by atoms with van der Waals surface area (Å²) in [5.41, 5.74) is 12.5. The number of aromatic amines is 1. The van der Waals surface area contributed by atoms with E-state index in [1.807, 2.05) is 52.0 Å². The van der Waals surface area contributed by atoms with Crippen molar-refractivity contribution in [2.75, 3.05) is 17.2 Å². The summed E-state index contributed by atoms with van der Waals surface area (Å²) in [5.74, 6) is -1.23. The molecule has 2 aromatic carbocycles. The number of anilines is 2. The van der Waals surface area contributed by atoms with Gasteiger partial charge in [-0.1, -0.05) is 18.2 Å². The molecule has 198 valence electrons. The number of benzene rings is 2. The Morgan fingerprint density at radius 1 is 1.13 bits per heavy atom. The maximum Gasteiger partial charge on any atom is 0.273 e. The van der Waals surface area contributed by atoms with E-state index >= 15 is 0 Å². The van der Waals surface area contributed by atoms with Gasteiger partial charge in [-0.3, -0.25) is 19.3 Å². The molecule has 0 aliphatic rings. The molecule has 10 nitrogen and oxygen atoms in total. The second-order valence-electron chi connectivity index (χ2n) is 9.67. The number of hydrogen-bond donors (Lipinski definition) is 4. The molecule has 4 rings (SSSR count). The number of carbonyl (C=O) groups is 3. The normalized spacial score (nSPS) is 12.2. The summed E-state index contributed by atoms with van der Waals surface area (Å²) >= 11 is 0.759. The van der Waals surface area contributed by atoms with E-state index in [4.69, 9.17) is 16.2 Å². The second-order valence-corrected chi connectivity index (χ2v) is 10.4. The smallest absolute Gasteiger partial charge is 0.273 e. The highest BCUT2D eigenvalue weighted by atomic mass is 32.1. The molecule has 2 aromatic heterocycles. The van der Waals surface area contributed by atoms with Crippen LogP contribution in [0.2, 0.25) is 0 Å². The molecule has 0 aliphatic carbocycles. The molecule has 0 bridgehead atoms. The molecule has 3 amide bonds. The minimum absolute atomic E-state index is 0.00100. The van der Waals surface area contributed by atoms with Gasteiger partial charge in [-0.2, -0.15) is 4.37 Å². The van der Waals surface area contributed by atoms with Crippen LogP contribution in [0.15, 0.2) is 54.7 Å². The molecule has 0 radical (unpaired) electrons. The predicted octanol–water partition coefficient (Wildman–Crippen LogP) is 4.01. The number of nitrogens with one attached hydrogen (secondary N) is 2. The zero-order valence-corrected chi connectivity index (χ0v) is 22.4. The average molecular weight is 535 g/mol. The highest BCUT2D eigenvalue weighted by Crippen LogP contribution is 2.36. The van der Waals surface area contributed by atoms with Gasteiger partial charge in [-0.15, -0.1) is 0 Å². The number of para-hydroxylation sites is 1. The van der Waals surface area contributed by atoms with Gasteiger partial charge in [-0.05, 0) is 69.6 Å². The van der Waals surface area contributed by atoms with E-state index < -0.39 is 29.3 Å². The van der Waals surface area contributed by atoms with E-state index in [0.717, 1.165) is 22.4 Å². The van der Waals surface area contributed by atoms with Crippen LogP contribution in [0, 0.1) is 0 Å². The van der Waals surface area contributed by atoms with Gasteiger partial charge in [-0.25, -0.2) is 0 Å². The van der Waals surface area contributed by atoms with E-state index in [2.05, 4.69) is 14.7 Å². The summed E-state index contributed by atoms with van der Waals surface area (Å²) < 4.78 is 9.57. The Morgan fingerprint density at radius 2 is 1.82 bits per heavy atom. The van der Waals surface area contributed by atoms with Crippen LogP contribution < -0.4 is 26.4 Å². The van der Waals surface area contributed by atoms with Crippen molar-refractivity contribution in [2.24, 2.45) is 5.73 Å². The monoisotopic (exact) mass is 534 g/mol. The first-order valence-electron chi connectivity index (χ1n) is 12.0. The Kier molecular flexibility index (Phi) is 7.40. The molecule has 1 atom stereocenters. The van der Waals surface area contributed by atoms with Gasteiger partial charge in [0, 0.05) is 33.9 Å². The van der Waals surface area contributed by atoms with Crippen LogP contribution in [0.25, 0.3) is 10.9 Å². The quantitative estimate of drug-likeness (QED) is 0.268. The van der Waals surface area contributed by atoms with Crippen LogP contribution in [0.4, 0.5) is 11.4 Å². The summed E-state index contributed by atoms with van der Waals surface area (Å²) in [6, 6.07) is 13.2. The fourth-order valence-corrected chi connectivity index (χ4v) is 4.89. The standard InChI is InChI=1S/C27H30N6O4S/c1-5-37-16-12-10-15(11-13-16)33(26(36)23-20(28)21(24(29)34)32-38-23)22(25(35)31-27(2,3)4)18-14-30-19-9-7-6-8-17(18)19/h6-14,22,30H,5,28H2,1-4H3,(H2,29,34)(H,31,35). The van der Waals surface area contributed by atoms with Gasteiger partial charge in [0.15, 0.2) is 5.69 Å². The van der Waals surface area contributed by atoms with Crippen molar-refractivity contribution in [3.8, 4) is 5.75 Å². The molecule has 0 saturated heterocycles. The van der Waals surface area contributed by atoms with Crippen LogP contribution in [-0.2, 0) is 4.79 Å². The first kappa shape index (κ1) is 26.7. The summed E-state index contributed by atoms with van der Waals surface area (Å²) in [7, 11) is 0. The average Bonchev–Trinajstić information content (AvgIpc) is 3.45. The minimum Gasteiger partial charge on any atom is -0.494 e. The van der Waals surface area contributed by atoms with Crippen LogP contribution >= 0.6 is 11.5 Å². The van der Waals surface area contributed by atoms with Crippen molar-refractivity contribution >= 4 is 51.5 Å². The van der Waals surface area contributed by atoms with Crippen molar-refractivity contribution in [2.45, 2.75) is 39.3 Å². The van der Waals surface area contributed by atoms with Crippen LogP contribution in [-0.4, -0.2) is 39.2 Å². The van der Waals surface area contributed by atoms with E-state index in [1.54, 1.807) is 30.5 Å². The van der Waals surface area contributed by atoms with Crippen LogP contribution in [0.1, 0.15) is 59.5 Å². The molecule has 0 fully saturated rings. The molecule has 4 aromatic rings. The lowest BCUT2D eigenvalue weighted by atomic mass is 9.99. The number of hydrogen-bond acceptors (Lipinski definition) is 7. The first-order chi connectivity index (χ1) is 18.0. The number of primary amides is 1. The molecule has 38 heavy (non-hydrogen) atoms. The third-order valence-electron chi connectivity index (χ3n) is 5.72. The number of fused-ring (bicyclic) bond motifs is 1. The Balaban J connectivity index is 1.94. The Labute approximate surface area is 224 Å². The zero-order chi connectivity index (χ0) is 27.6. The first-order valence-corrected chi connectivity index (χ1v) is 12.8. The molecule has 0 saturated carbocycles. The number of nitrogen functional groups attached to an aromatic ring is 1. The number of amides is 3. The van der Waals surface area contributed by atoms with Crippen molar-refractivity contribution in [3.05, 3.63) is 70.9 Å². The number of carbonyl (C=O) groups excluding carboxylic acids is 3. The van der Waals surface area contributed by atoms with E-state index in [0.29, 0.717) is 23.6 Å². The van der Waals surface area contributed by atoms with Gasteiger partial charge in [0.25, 0.3) is 11.8 Å². The van der Waals surface area contributed by atoms with Crippen molar-refractivity contribution in [1.82, 2.24) is 14.7 Å². The number of rotatable bonds is 8. The lowest BCUT2D eigenvalue weighted by molar-refractivity contribution is -0.123. The fraction of sp³-hybridized carbons (Fsp3) is 0.259. The van der Waals surface area contributed by atoms with Gasteiger partial charge in [0.2, 0.25) is 5.91 Å². The number of nitrogens with two attached hydrogens (primary N) is 2. The van der Waals surface area contributed by atoms with Gasteiger partial charge in [0.1, 0.15) is 16.7 Å². The number of H-pyrrole nitrogens is 1. The zero-order valence-electron chi connectivity index (χ0n) is 21.6. The van der Waals surface area contributed by atoms with Gasteiger partial charge in [0.05, 0.1) is 12.3 Å². The SMILES string of the molecule is CCOc1ccc(N(C(=O)c2snc(C(N)=O)c2N)C(C(=O)NC(C)(C)C)c2c[nH]c3ccccc23)cc1. The highest BCUT2D eigenvalue weighted by molar-refractivity contribution is 7.09. The molecule has 0 aliphatic heterocycles. The maximum atomic E-state index is 14.2. The Bertz CT molecular complexity index is 1490. The van der Waals surface area contributed by atoms with E-state index in [9.17, 15) is 14.4 Å². The van der Waals surface area contributed by atoms with Crippen LogP contribution in [0.5, 0.6) is 5.75 Å². The lowest BCUT2D eigenvalue weighted by Crippen LogP contribution is -2.49. The second kappa shape index (κ2) is 10.5. The summed E-state index contributed by atoms with van der Waals surface area (Å²) in [4.78, 5) is 44.5.